The lowest BCUT2D eigenvalue weighted by atomic mass is 10.1. The Kier molecular flexibility index (Phi) is 2.51. The van der Waals surface area contributed by atoms with Crippen molar-refractivity contribution < 1.29 is 13.8 Å². The Morgan fingerprint density at radius 2 is 2.24 bits per heavy atom. The highest BCUT2D eigenvalue weighted by molar-refractivity contribution is 5.73. The SMILES string of the molecule is Cc1c(N)noc1-c1ccc(F)cc1[N+](=O)[O-]. The van der Waals surface area contributed by atoms with Crippen LogP contribution in [0.1, 0.15) is 5.56 Å². The third-order valence-corrected chi connectivity index (χ3v) is 2.36. The highest BCUT2D eigenvalue weighted by atomic mass is 19.1. The van der Waals surface area contributed by atoms with Gasteiger partial charge in [-0.3, -0.25) is 10.1 Å². The van der Waals surface area contributed by atoms with Crippen LogP contribution in [-0.2, 0) is 0 Å². The first-order chi connectivity index (χ1) is 8.00. The van der Waals surface area contributed by atoms with Crippen LogP contribution < -0.4 is 5.73 Å². The van der Waals surface area contributed by atoms with Crippen LogP contribution in [0.3, 0.4) is 0 Å². The second kappa shape index (κ2) is 3.85. The number of hydrogen-bond acceptors (Lipinski definition) is 5. The Balaban J connectivity index is 2.67. The van der Waals surface area contributed by atoms with E-state index in [2.05, 4.69) is 5.16 Å². The van der Waals surface area contributed by atoms with Crippen LogP contribution in [-0.4, -0.2) is 10.1 Å². The molecule has 0 saturated carbocycles. The summed E-state index contributed by atoms with van der Waals surface area (Å²) in [4.78, 5) is 10.1. The minimum absolute atomic E-state index is 0.151. The number of nitro groups is 1. The predicted octanol–water partition coefficient (Wildman–Crippen LogP) is 2.28. The van der Waals surface area contributed by atoms with Crippen LogP contribution in [0.4, 0.5) is 15.9 Å². The molecule has 0 bridgehead atoms. The van der Waals surface area contributed by atoms with Crippen LogP contribution in [0.2, 0.25) is 0 Å². The number of rotatable bonds is 2. The fourth-order valence-corrected chi connectivity index (χ4v) is 1.45. The van der Waals surface area contributed by atoms with E-state index in [4.69, 9.17) is 10.3 Å². The first-order valence-corrected chi connectivity index (χ1v) is 4.66. The fourth-order valence-electron chi connectivity index (χ4n) is 1.45. The zero-order chi connectivity index (χ0) is 12.6. The van der Waals surface area contributed by atoms with Crippen LogP contribution in [0.5, 0.6) is 0 Å². The number of benzene rings is 1. The van der Waals surface area contributed by atoms with Crippen LogP contribution >= 0.6 is 0 Å². The number of nitro benzene ring substituents is 1. The second-order valence-electron chi connectivity index (χ2n) is 3.44. The molecular formula is C10H8FN3O3. The molecule has 0 fully saturated rings. The average Bonchev–Trinajstić information content (AvgIpc) is 2.60. The van der Waals surface area contributed by atoms with Crippen molar-refractivity contribution in [3.63, 3.8) is 0 Å². The third kappa shape index (κ3) is 1.82. The lowest BCUT2D eigenvalue weighted by Crippen LogP contribution is -1.93. The van der Waals surface area contributed by atoms with Gasteiger partial charge >= 0.3 is 0 Å². The number of halogens is 1. The number of hydrogen-bond donors (Lipinski definition) is 1. The van der Waals surface area contributed by atoms with Crippen molar-refractivity contribution in [3.05, 3.63) is 39.7 Å². The highest BCUT2D eigenvalue weighted by Crippen LogP contribution is 2.34. The highest BCUT2D eigenvalue weighted by Gasteiger charge is 2.22. The molecule has 7 heteroatoms. The summed E-state index contributed by atoms with van der Waals surface area (Å²) in [5.41, 5.74) is 5.74. The van der Waals surface area contributed by atoms with Gasteiger partial charge < -0.3 is 10.3 Å². The molecule has 2 aromatic rings. The zero-order valence-corrected chi connectivity index (χ0v) is 8.81. The largest absolute Gasteiger partial charge is 0.381 e. The molecule has 0 saturated heterocycles. The fraction of sp³-hybridized carbons (Fsp3) is 0.100. The van der Waals surface area contributed by atoms with Gasteiger partial charge in [0.25, 0.3) is 5.69 Å². The lowest BCUT2D eigenvalue weighted by Gasteiger charge is -2.00. The summed E-state index contributed by atoms with van der Waals surface area (Å²) >= 11 is 0. The summed E-state index contributed by atoms with van der Waals surface area (Å²) in [6.45, 7) is 1.62. The van der Waals surface area contributed by atoms with Gasteiger partial charge in [0, 0.05) is 5.56 Å². The molecule has 2 N–H and O–H groups in total. The van der Waals surface area contributed by atoms with Gasteiger partial charge in [0.2, 0.25) is 0 Å². The normalized spacial score (nSPS) is 10.5. The van der Waals surface area contributed by atoms with Crippen molar-refractivity contribution in [3.8, 4) is 11.3 Å². The maximum absolute atomic E-state index is 13.0. The maximum Gasteiger partial charge on any atom is 0.283 e. The zero-order valence-electron chi connectivity index (χ0n) is 8.81. The van der Waals surface area contributed by atoms with Gasteiger partial charge in [-0.1, -0.05) is 5.16 Å². The molecule has 2 rings (SSSR count). The van der Waals surface area contributed by atoms with E-state index < -0.39 is 10.7 Å². The van der Waals surface area contributed by atoms with Crippen molar-refractivity contribution >= 4 is 11.5 Å². The molecule has 1 aromatic heterocycles. The molecule has 1 aromatic carbocycles. The minimum Gasteiger partial charge on any atom is -0.381 e. The van der Waals surface area contributed by atoms with Gasteiger partial charge in [-0.05, 0) is 19.1 Å². The standard InChI is InChI=1S/C10H8FN3O3/c1-5-9(17-13-10(5)12)7-3-2-6(11)4-8(7)14(15)16/h2-4H,1H3,(H2,12,13). The molecule has 1 heterocycles. The van der Waals surface area contributed by atoms with Gasteiger partial charge in [-0.15, -0.1) is 0 Å². The second-order valence-corrected chi connectivity index (χ2v) is 3.44. The molecule has 88 valence electrons. The van der Waals surface area contributed by atoms with Crippen LogP contribution in [0.25, 0.3) is 11.3 Å². The summed E-state index contributed by atoms with van der Waals surface area (Å²) in [6.07, 6.45) is 0. The summed E-state index contributed by atoms with van der Waals surface area (Å²) in [7, 11) is 0. The Labute approximate surface area is 95.0 Å². The molecule has 0 aliphatic heterocycles. The Bertz CT molecular complexity index is 594. The number of nitrogens with two attached hydrogens (primary N) is 1. The van der Waals surface area contributed by atoms with Gasteiger partial charge in [0.05, 0.1) is 16.6 Å². The van der Waals surface area contributed by atoms with Crippen molar-refractivity contribution in [2.75, 3.05) is 5.73 Å². The van der Waals surface area contributed by atoms with Crippen molar-refractivity contribution in [2.45, 2.75) is 6.92 Å². The first-order valence-electron chi connectivity index (χ1n) is 4.66. The van der Waals surface area contributed by atoms with E-state index in [0.717, 1.165) is 12.1 Å². The van der Waals surface area contributed by atoms with E-state index in [1.54, 1.807) is 6.92 Å². The molecule has 0 amide bonds. The molecule has 0 aliphatic rings. The van der Waals surface area contributed by atoms with Gasteiger partial charge in [0.1, 0.15) is 5.82 Å². The van der Waals surface area contributed by atoms with E-state index in [1.165, 1.54) is 6.07 Å². The van der Waals surface area contributed by atoms with E-state index >= 15 is 0 Å². The van der Waals surface area contributed by atoms with E-state index in [9.17, 15) is 14.5 Å². The molecule has 0 radical (unpaired) electrons. The summed E-state index contributed by atoms with van der Waals surface area (Å²) in [5, 5.41) is 14.3. The molecule has 0 spiro atoms. The predicted molar refractivity (Wildman–Crippen MR) is 57.7 cm³/mol. The van der Waals surface area contributed by atoms with Crippen molar-refractivity contribution in [1.82, 2.24) is 5.16 Å². The molecular weight excluding hydrogens is 229 g/mol. The van der Waals surface area contributed by atoms with Crippen molar-refractivity contribution in [1.29, 1.82) is 0 Å². The summed E-state index contributed by atoms with van der Waals surface area (Å²) in [6, 6.07) is 3.20. The molecule has 6 nitrogen and oxygen atoms in total. The monoisotopic (exact) mass is 237 g/mol. The Hall–Kier alpha value is -2.44. The summed E-state index contributed by atoms with van der Waals surface area (Å²) < 4.78 is 17.9. The van der Waals surface area contributed by atoms with Gasteiger partial charge in [-0.25, -0.2) is 4.39 Å². The van der Waals surface area contributed by atoms with Gasteiger partial charge in [-0.2, -0.15) is 0 Å². The topological polar surface area (TPSA) is 95.2 Å². The molecule has 17 heavy (non-hydrogen) atoms. The molecule has 0 unspecified atom stereocenters. The van der Waals surface area contributed by atoms with Crippen molar-refractivity contribution in [2.24, 2.45) is 0 Å². The van der Waals surface area contributed by atoms with E-state index in [1.807, 2.05) is 0 Å². The minimum atomic E-state index is -0.689. The lowest BCUT2D eigenvalue weighted by molar-refractivity contribution is -0.384. The third-order valence-electron chi connectivity index (χ3n) is 2.36. The quantitative estimate of drug-likeness (QED) is 0.638. The van der Waals surface area contributed by atoms with Crippen LogP contribution in [0, 0.1) is 22.9 Å². The van der Waals surface area contributed by atoms with E-state index in [0.29, 0.717) is 5.56 Å². The maximum atomic E-state index is 13.0. The average molecular weight is 237 g/mol. The first kappa shape index (κ1) is 11.1. The van der Waals surface area contributed by atoms with E-state index in [-0.39, 0.29) is 22.8 Å². The smallest absolute Gasteiger partial charge is 0.283 e. The Morgan fingerprint density at radius 1 is 1.53 bits per heavy atom. The number of nitrogens with zero attached hydrogens (tertiary/aromatic N) is 2. The number of aromatic nitrogens is 1. The number of anilines is 1. The summed E-state index contributed by atoms with van der Waals surface area (Å²) in [5.74, 6) is -0.363. The van der Waals surface area contributed by atoms with Crippen LogP contribution in [0.15, 0.2) is 22.7 Å². The van der Waals surface area contributed by atoms with Gasteiger partial charge in [0.15, 0.2) is 11.6 Å². The molecule has 0 atom stereocenters. The number of nitrogen functional groups attached to an aromatic ring is 1. The Morgan fingerprint density at radius 3 is 2.76 bits per heavy atom. The molecule has 0 aliphatic carbocycles.